The molecule has 1 aromatic heterocycles. The van der Waals surface area contributed by atoms with Gasteiger partial charge < -0.3 is 10.2 Å². The quantitative estimate of drug-likeness (QED) is 0.869. The van der Waals surface area contributed by atoms with Crippen molar-refractivity contribution in [2.75, 3.05) is 24.5 Å². The van der Waals surface area contributed by atoms with E-state index in [1.807, 2.05) is 0 Å². The number of piperidine rings is 1. The molecule has 2 fully saturated rings. The minimum absolute atomic E-state index is 0.845. The van der Waals surface area contributed by atoms with E-state index in [-0.39, 0.29) is 0 Å². The third-order valence-electron chi connectivity index (χ3n) is 4.09. The third kappa shape index (κ3) is 3.66. The molecular weight excluding hydrogens is 256 g/mol. The molecule has 1 saturated carbocycles. The molecule has 0 aromatic carbocycles. The molecular formula is C14H24N4S. The highest BCUT2D eigenvalue weighted by Crippen LogP contribution is 2.26. The Morgan fingerprint density at radius 1 is 1.26 bits per heavy atom. The second-order valence-corrected chi connectivity index (χ2v) is 6.59. The van der Waals surface area contributed by atoms with Crippen LogP contribution in [0.2, 0.25) is 0 Å². The minimum atomic E-state index is 0.845. The molecule has 0 amide bonds. The molecule has 0 bridgehead atoms. The summed E-state index contributed by atoms with van der Waals surface area (Å²) in [6.45, 7) is 5.70. The summed E-state index contributed by atoms with van der Waals surface area (Å²) < 4.78 is 4.44. The average Bonchev–Trinajstić information content (AvgIpc) is 3.16. The first-order valence-corrected chi connectivity index (χ1v) is 8.43. The highest BCUT2D eigenvalue weighted by atomic mass is 32.1. The number of hydrogen-bond acceptors (Lipinski definition) is 5. The lowest BCUT2D eigenvalue weighted by atomic mass is 9.97. The van der Waals surface area contributed by atoms with Crippen LogP contribution in [0.3, 0.4) is 0 Å². The van der Waals surface area contributed by atoms with E-state index < -0.39 is 0 Å². The molecule has 2 aliphatic rings. The number of anilines is 1. The van der Waals surface area contributed by atoms with Crippen LogP contribution >= 0.6 is 11.5 Å². The maximum absolute atomic E-state index is 4.65. The summed E-state index contributed by atoms with van der Waals surface area (Å²) >= 11 is 1.57. The summed E-state index contributed by atoms with van der Waals surface area (Å²) in [4.78, 5) is 7.07. The zero-order chi connectivity index (χ0) is 13.1. The largest absolute Gasteiger partial charge is 0.347 e. The highest BCUT2D eigenvalue weighted by molar-refractivity contribution is 7.09. The van der Waals surface area contributed by atoms with Crippen molar-refractivity contribution in [3.63, 3.8) is 0 Å². The smallest absolute Gasteiger partial charge is 0.205 e. The van der Waals surface area contributed by atoms with Gasteiger partial charge in [-0.25, -0.2) is 4.98 Å². The standard InChI is InChI=1S/C14H24N4S/c1-2-3-13-16-14(19-17-13)18-8-6-11(7-9-18)10-15-12-4-5-12/h11-12,15H,2-10H2,1H3. The van der Waals surface area contributed by atoms with Crippen LogP contribution in [0.4, 0.5) is 5.13 Å². The number of aromatic nitrogens is 2. The van der Waals surface area contributed by atoms with E-state index in [1.165, 1.54) is 32.2 Å². The number of nitrogens with one attached hydrogen (secondary N) is 1. The second-order valence-electron chi connectivity index (χ2n) is 5.86. The van der Waals surface area contributed by atoms with Gasteiger partial charge in [0.05, 0.1) is 0 Å². The Kier molecular flexibility index (Phi) is 4.33. The molecule has 0 unspecified atom stereocenters. The minimum Gasteiger partial charge on any atom is -0.347 e. The first-order valence-electron chi connectivity index (χ1n) is 7.66. The topological polar surface area (TPSA) is 41.1 Å². The predicted molar refractivity (Wildman–Crippen MR) is 79.9 cm³/mol. The van der Waals surface area contributed by atoms with Crippen molar-refractivity contribution in [1.29, 1.82) is 0 Å². The fraction of sp³-hybridized carbons (Fsp3) is 0.857. The van der Waals surface area contributed by atoms with E-state index in [1.54, 1.807) is 11.5 Å². The van der Waals surface area contributed by atoms with Crippen LogP contribution < -0.4 is 10.2 Å². The normalized spacial score (nSPS) is 21.0. The average molecular weight is 280 g/mol. The molecule has 106 valence electrons. The van der Waals surface area contributed by atoms with Crippen LogP contribution in [-0.4, -0.2) is 35.0 Å². The Morgan fingerprint density at radius 2 is 2.05 bits per heavy atom. The van der Waals surface area contributed by atoms with Crippen molar-refractivity contribution in [2.45, 2.75) is 51.5 Å². The zero-order valence-corrected chi connectivity index (χ0v) is 12.6. The van der Waals surface area contributed by atoms with E-state index in [0.29, 0.717) is 0 Å². The van der Waals surface area contributed by atoms with Crippen molar-refractivity contribution in [2.24, 2.45) is 5.92 Å². The summed E-state index contributed by atoms with van der Waals surface area (Å²) in [6.07, 6.45) is 7.52. The molecule has 0 atom stereocenters. The maximum Gasteiger partial charge on any atom is 0.205 e. The molecule has 1 saturated heterocycles. The Labute approximate surface area is 119 Å². The van der Waals surface area contributed by atoms with Gasteiger partial charge >= 0.3 is 0 Å². The van der Waals surface area contributed by atoms with Crippen molar-refractivity contribution >= 4 is 16.7 Å². The van der Waals surface area contributed by atoms with Crippen molar-refractivity contribution in [3.8, 4) is 0 Å². The molecule has 19 heavy (non-hydrogen) atoms. The Hall–Kier alpha value is -0.680. The van der Waals surface area contributed by atoms with Gasteiger partial charge in [0, 0.05) is 37.1 Å². The molecule has 1 aliphatic heterocycles. The van der Waals surface area contributed by atoms with Crippen LogP contribution in [0.1, 0.15) is 44.9 Å². The zero-order valence-electron chi connectivity index (χ0n) is 11.8. The van der Waals surface area contributed by atoms with Gasteiger partial charge in [-0.3, -0.25) is 0 Å². The summed E-state index contributed by atoms with van der Waals surface area (Å²) in [7, 11) is 0. The van der Waals surface area contributed by atoms with Gasteiger partial charge in [0.1, 0.15) is 5.82 Å². The number of hydrogen-bond donors (Lipinski definition) is 1. The van der Waals surface area contributed by atoms with Crippen LogP contribution in [0.15, 0.2) is 0 Å². The van der Waals surface area contributed by atoms with E-state index >= 15 is 0 Å². The summed E-state index contributed by atoms with van der Waals surface area (Å²) in [6, 6.07) is 0.845. The van der Waals surface area contributed by atoms with Crippen molar-refractivity contribution in [1.82, 2.24) is 14.7 Å². The molecule has 5 heteroatoms. The fourth-order valence-corrected chi connectivity index (χ4v) is 3.41. The Balaban J connectivity index is 1.45. The molecule has 2 heterocycles. The van der Waals surface area contributed by atoms with E-state index in [2.05, 4.69) is 26.5 Å². The second kappa shape index (κ2) is 6.18. The van der Waals surface area contributed by atoms with Gasteiger partial charge in [0.15, 0.2) is 0 Å². The molecule has 3 rings (SSSR count). The lowest BCUT2D eigenvalue weighted by Crippen LogP contribution is -2.37. The van der Waals surface area contributed by atoms with Gasteiger partial charge in [0.25, 0.3) is 0 Å². The van der Waals surface area contributed by atoms with E-state index in [4.69, 9.17) is 0 Å². The van der Waals surface area contributed by atoms with Crippen molar-refractivity contribution < 1.29 is 0 Å². The van der Waals surface area contributed by atoms with Crippen molar-refractivity contribution in [3.05, 3.63) is 5.82 Å². The summed E-state index contributed by atoms with van der Waals surface area (Å²) in [5, 5.41) is 4.79. The van der Waals surface area contributed by atoms with E-state index in [9.17, 15) is 0 Å². The number of rotatable bonds is 6. The van der Waals surface area contributed by atoms with Gasteiger partial charge in [0.2, 0.25) is 5.13 Å². The fourth-order valence-electron chi connectivity index (χ4n) is 2.65. The number of nitrogens with zero attached hydrogens (tertiary/aromatic N) is 3. The first-order chi connectivity index (χ1) is 9.35. The SMILES string of the molecule is CCCc1nsc(N2CCC(CNC3CC3)CC2)n1. The number of aryl methyl sites for hydroxylation is 1. The van der Waals surface area contributed by atoms with Crippen LogP contribution in [0, 0.1) is 5.92 Å². The predicted octanol–water partition coefficient (Wildman–Crippen LogP) is 2.46. The molecule has 1 N–H and O–H groups in total. The van der Waals surface area contributed by atoms with Gasteiger partial charge in [-0.05, 0) is 44.6 Å². The monoisotopic (exact) mass is 280 g/mol. The van der Waals surface area contributed by atoms with Crippen LogP contribution in [0.25, 0.3) is 0 Å². The molecule has 0 spiro atoms. The molecule has 1 aromatic rings. The summed E-state index contributed by atoms with van der Waals surface area (Å²) in [5.41, 5.74) is 0. The van der Waals surface area contributed by atoms with Gasteiger partial charge in [-0.1, -0.05) is 6.92 Å². The Morgan fingerprint density at radius 3 is 2.74 bits per heavy atom. The van der Waals surface area contributed by atoms with Crippen LogP contribution in [-0.2, 0) is 6.42 Å². The lowest BCUT2D eigenvalue weighted by molar-refractivity contribution is 0.382. The Bertz CT molecular complexity index is 394. The molecule has 1 aliphatic carbocycles. The van der Waals surface area contributed by atoms with E-state index in [0.717, 1.165) is 48.8 Å². The first kappa shape index (κ1) is 13.3. The van der Waals surface area contributed by atoms with Gasteiger partial charge in [-0.2, -0.15) is 4.37 Å². The van der Waals surface area contributed by atoms with Gasteiger partial charge in [-0.15, -0.1) is 0 Å². The van der Waals surface area contributed by atoms with Crippen LogP contribution in [0.5, 0.6) is 0 Å². The lowest BCUT2D eigenvalue weighted by Gasteiger charge is -2.31. The highest BCUT2D eigenvalue weighted by Gasteiger charge is 2.25. The maximum atomic E-state index is 4.65. The molecule has 0 radical (unpaired) electrons. The third-order valence-corrected chi connectivity index (χ3v) is 4.90. The summed E-state index contributed by atoms with van der Waals surface area (Å²) in [5.74, 6) is 1.89. The molecule has 4 nitrogen and oxygen atoms in total.